The number of aryl methyl sites for hydroxylation is 1. The molecule has 1 aliphatic carbocycles. The molecule has 1 heterocycles. The van der Waals surface area contributed by atoms with E-state index >= 15 is 0 Å². The van der Waals surface area contributed by atoms with Gasteiger partial charge in [-0.2, -0.15) is 10.2 Å². The lowest BCUT2D eigenvalue weighted by Crippen LogP contribution is -2.52. The zero-order valence-corrected chi connectivity index (χ0v) is 16.6. The molecule has 7 nitrogen and oxygen atoms in total. The van der Waals surface area contributed by atoms with Gasteiger partial charge < -0.3 is 9.42 Å². The summed E-state index contributed by atoms with van der Waals surface area (Å²) >= 11 is 0. The predicted molar refractivity (Wildman–Crippen MR) is 102 cm³/mol. The van der Waals surface area contributed by atoms with E-state index in [1.807, 2.05) is 13.0 Å². The van der Waals surface area contributed by atoms with Gasteiger partial charge in [0, 0.05) is 30.5 Å². The Balaban J connectivity index is 1.89. The van der Waals surface area contributed by atoms with Crippen LogP contribution in [0.5, 0.6) is 0 Å². The van der Waals surface area contributed by atoms with Crippen LogP contribution in [0.25, 0.3) is 11.4 Å². The minimum atomic E-state index is -0.747. The van der Waals surface area contributed by atoms with E-state index in [0.717, 1.165) is 5.56 Å². The Morgan fingerprint density at radius 2 is 1.89 bits per heavy atom. The second-order valence-electron chi connectivity index (χ2n) is 8.00. The lowest BCUT2D eigenvalue weighted by Gasteiger charge is -2.44. The number of rotatable bonds is 3. The van der Waals surface area contributed by atoms with E-state index in [2.05, 4.69) is 10.1 Å². The molecule has 1 aliphatic rings. The number of carbonyl (C=O) groups is 2. The summed E-state index contributed by atoms with van der Waals surface area (Å²) in [7, 11) is 1.69. The van der Waals surface area contributed by atoms with Gasteiger partial charge in [0.15, 0.2) is 5.78 Å². The Labute approximate surface area is 163 Å². The first kappa shape index (κ1) is 19.5. The maximum Gasteiger partial charge on any atom is 0.254 e. The number of hydrogen-bond acceptors (Lipinski definition) is 6. The second-order valence-corrected chi connectivity index (χ2v) is 8.00. The number of Topliss-reactive ketones (excluding diaryl/α,β-unsaturated/α-hetero) is 1. The minimum absolute atomic E-state index is 0.0984. The fourth-order valence-corrected chi connectivity index (χ4v) is 3.67. The maximum absolute atomic E-state index is 13.1. The Morgan fingerprint density at radius 1 is 1.25 bits per heavy atom. The Kier molecular flexibility index (Phi) is 4.67. The molecule has 0 N–H and O–H groups in total. The third-order valence-electron chi connectivity index (χ3n) is 5.22. The first-order valence-electron chi connectivity index (χ1n) is 8.94. The molecule has 0 bridgehead atoms. The molecule has 28 heavy (non-hydrogen) atoms. The van der Waals surface area contributed by atoms with Gasteiger partial charge in [0.25, 0.3) is 5.91 Å². The topological polar surface area (TPSA) is 100 Å². The molecule has 0 saturated carbocycles. The van der Waals surface area contributed by atoms with Crippen LogP contribution in [-0.2, 0) is 4.79 Å². The van der Waals surface area contributed by atoms with E-state index in [1.165, 1.54) is 0 Å². The third kappa shape index (κ3) is 3.33. The monoisotopic (exact) mass is 378 g/mol. The molecule has 0 aliphatic heterocycles. The number of hydrogen-bond donors (Lipinski definition) is 0. The highest BCUT2D eigenvalue weighted by atomic mass is 16.5. The number of likely N-dealkylation sites (N-methyl/N-ethyl adjacent to an activating group) is 1. The molecule has 1 aromatic carbocycles. The zero-order chi connectivity index (χ0) is 20.7. The number of benzene rings is 1. The summed E-state index contributed by atoms with van der Waals surface area (Å²) in [5, 5.41) is 13.2. The van der Waals surface area contributed by atoms with E-state index in [-0.39, 0.29) is 17.3 Å². The van der Waals surface area contributed by atoms with Gasteiger partial charge in [-0.3, -0.25) is 9.59 Å². The highest BCUT2D eigenvalue weighted by Gasteiger charge is 2.45. The normalized spacial score (nSPS) is 21.0. The molecule has 0 saturated heterocycles. The molecule has 0 fully saturated rings. The molecule has 1 amide bonds. The van der Waals surface area contributed by atoms with Crippen molar-refractivity contribution in [1.29, 1.82) is 5.26 Å². The van der Waals surface area contributed by atoms with Crippen LogP contribution in [0.4, 0.5) is 0 Å². The van der Waals surface area contributed by atoms with Crippen molar-refractivity contribution in [3.05, 3.63) is 47.4 Å². The number of nitriles is 1. The molecule has 1 aromatic heterocycles. The van der Waals surface area contributed by atoms with Crippen molar-refractivity contribution < 1.29 is 14.1 Å². The van der Waals surface area contributed by atoms with Crippen molar-refractivity contribution in [3.63, 3.8) is 0 Å². The van der Waals surface area contributed by atoms with Crippen LogP contribution < -0.4 is 0 Å². The zero-order valence-electron chi connectivity index (χ0n) is 16.6. The molecule has 0 spiro atoms. The van der Waals surface area contributed by atoms with Crippen molar-refractivity contribution in [2.45, 2.75) is 39.7 Å². The summed E-state index contributed by atoms with van der Waals surface area (Å²) in [5.74, 6) is 0.549. The van der Waals surface area contributed by atoms with Gasteiger partial charge in [0.2, 0.25) is 11.7 Å². The lowest BCUT2D eigenvalue weighted by atomic mass is 9.68. The smallest absolute Gasteiger partial charge is 0.254 e. The van der Waals surface area contributed by atoms with E-state index in [4.69, 9.17) is 4.52 Å². The molecular weight excluding hydrogens is 356 g/mol. The quantitative estimate of drug-likeness (QED) is 0.812. The fraction of sp³-hybridized carbons (Fsp3) is 0.381. The number of nitrogens with zero attached hydrogens (tertiary/aromatic N) is 4. The summed E-state index contributed by atoms with van der Waals surface area (Å²) in [5.41, 5.74) is -0.124. The van der Waals surface area contributed by atoms with E-state index < -0.39 is 11.0 Å². The first-order valence-corrected chi connectivity index (χ1v) is 8.94. The highest BCUT2D eigenvalue weighted by molar-refractivity contribution is 6.04. The SMILES string of the molecule is Cc1nc(-c2ccc(C(=O)N(C)[C@]3(C)C=C(C#N)C(=O)C(C)(C)C3)cc2)no1. The Bertz CT molecular complexity index is 1010. The lowest BCUT2D eigenvalue weighted by molar-refractivity contribution is -0.125. The number of allylic oxidation sites excluding steroid dienone is 1. The fourth-order valence-electron chi connectivity index (χ4n) is 3.67. The third-order valence-corrected chi connectivity index (χ3v) is 5.22. The van der Waals surface area contributed by atoms with Gasteiger partial charge in [-0.05, 0) is 31.6 Å². The second kappa shape index (κ2) is 6.71. The van der Waals surface area contributed by atoms with E-state index in [1.54, 1.807) is 63.1 Å². The molecule has 1 atom stereocenters. The van der Waals surface area contributed by atoms with Crippen molar-refractivity contribution >= 4 is 11.7 Å². The van der Waals surface area contributed by atoms with Gasteiger partial charge in [0.05, 0.1) is 11.1 Å². The summed E-state index contributed by atoms with van der Waals surface area (Å²) in [6.07, 6.45) is 2.04. The molecule has 0 unspecified atom stereocenters. The number of amides is 1. The van der Waals surface area contributed by atoms with Crippen LogP contribution >= 0.6 is 0 Å². The van der Waals surface area contributed by atoms with Gasteiger partial charge >= 0.3 is 0 Å². The molecule has 144 valence electrons. The Hall–Kier alpha value is -3.27. The largest absolute Gasteiger partial charge is 0.339 e. The van der Waals surface area contributed by atoms with Crippen molar-refractivity contribution in [1.82, 2.24) is 15.0 Å². The van der Waals surface area contributed by atoms with Gasteiger partial charge in [-0.15, -0.1) is 0 Å². The van der Waals surface area contributed by atoms with Crippen molar-refractivity contribution in [3.8, 4) is 17.5 Å². The summed E-state index contributed by atoms with van der Waals surface area (Å²) in [6.45, 7) is 7.19. The van der Waals surface area contributed by atoms with E-state index in [0.29, 0.717) is 23.7 Å². The van der Waals surface area contributed by atoms with Crippen LogP contribution in [0.3, 0.4) is 0 Å². The standard InChI is InChI=1S/C21H22N4O3/c1-13-23-18(24-28-13)14-6-8-15(9-7-14)19(27)25(5)21(4)10-16(11-22)17(26)20(2,3)12-21/h6-10H,12H2,1-5H3/t21-/m1/s1. The van der Waals surface area contributed by atoms with Crippen LogP contribution in [-0.4, -0.2) is 39.3 Å². The number of ketones is 1. The summed E-state index contributed by atoms with van der Waals surface area (Å²) in [4.78, 5) is 31.2. The Morgan fingerprint density at radius 3 is 2.43 bits per heavy atom. The maximum atomic E-state index is 13.1. The molecule has 2 aromatic rings. The average Bonchev–Trinajstić information content (AvgIpc) is 3.09. The number of carbonyl (C=O) groups excluding carboxylic acids is 2. The highest BCUT2D eigenvalue weighted by Crippen LogP contribution is 2.40. The molecule has 0 radical (unpaired) electrons. The molecule has 7 heteroatoms. The molecular formula is C21H22N4O3. The van der Waals surface area contributed by atoms with Crippen molar-refractivity contribution in [2.75, 3.05) is 7.05 Å². The van der Waals surface area contributed by atoms with Crippen LogP contribution in [0.2, 0.25) is 0 Å². The van der Waals surface area contributed by atoms with Gasteiger partial charge in [-0.1, -0.05) is 31.1 Å². The van der Waals surface area contributed by atoms with Crippen LogP contribution in [0.1, 0.15) is 43.4 Å². The number of aromatic nitrogens is 2. The van der Waals surface area contributed by atoms with Gasteiger partial charge in [0.1, 0.15) is 6.07 Å². The van der Waals surface area contributed by atoms with Crippen molar-refractivity contribution in [2.24, 2.45) is 5.41 Å². The van der Waals surface area contributed by atoms with E-state index in [9.17, 15) is 14.9 Å². The predicted octanol–water partition coefficient (Wildman–Crippen LogP) is 3.32. The molecule has 3 rings (SSSR count). The average molecular weight is 378 g/mol. The van der Waals surface area contributed by atoms with Gasteiger partial charge in [-0.25, -0.2) is 0 Å². The van der Waals surface area contributed by atoms with Crippen LogP contribution in [0.15, 0.2) is 40.4 Å². The summed E-state index contributed by atoms with van der Waals surface area (Å²) < 4.78 is 4.98. The van der Waals surface area contributed by atoms with Crippen LogP contribution in [0, 0.1) is 23.7 Å². The summed E-state index contributed by atoms with van der Waals surface area (Å²) in [6, 6.07) is 8.91. The minimum Gasteiger partial charge on any atom is -0.339 e. The first-order chi connectivity index (χ1) is 13.1.